The molecule has 1 aromatic rings. The highest BCUT2D eigenvalue weighted by Crippen LogP contribution is 2.09. The Labute approximate surface area is 64.4 Å². The molecular weight excluding hydrogens is 144 g/mol. The lowest BCUT2D eigenvalue weighted by Crippen LogP contribution is -2.06. The number of methoxy groups -OCH3 is 1. The monoisotopic (exact) mass is 154 g/mol. The van der Waals surface area contributed by atoms with Crippen LogP contribution in [0.3, 0.4) is 0 Å². The van der Waals surface area contributed by atoms with Crippen LogP contribution in [-0.2, 0) is 6.54 Å². The van der Waals surface area contributed by atoms with E-state index in [1.807, 2.05) is 0 Å². The van der Waals surface area contributed by atoms with Crippen molar-refractivity contribution in [3.05, 3.63) is 11.9 Å². The maximum Gasteiger partial charge on any atom is 0.234 e. The average molecular weight is 154 g/mol. The number of rotatable bonds is 2. The largest absolute Gasteiger partial charge is 0.480 e. The predicted molar refractivity (Wildman–Crippen MR) is 40.9 cm³/mol. The Morgan fingerprint density at radius 1 is 1.64 bits per heavy atom. The minimum Gasteiger partial charge on any atom is -0.480 e. The predicted octanol–water partition coefficient (Wildman–Crippen LogP) is -0.474. The van der Waals surface area contributed by atoms with Crippen LogP contribution in [0.2, 0.25) is 0 Å². The van der Waals surface area contributed by atoms with E-state index in [1.54, 1.807) is 0 Å². The van der Waals surface area contributed by atoms with E-state index in [0.717, 1.165) is 0 Å². The van der Waals surface area contributed by atoms with E-state index in [9.17, 15) is 0 Å². The Morgan fingerprint density at radius 2 is 2.36 bits per heavy atom. The number of nitrogens with two attached hydrogens (primary N) is 2. The summed E-state index contributed by atoms with van der Waals surface area (Å²) in [6.07, 6.45) is 1.48. The summed E-state index contributed by atoms with van der Waals surface area (Å²) in [6.45, 7) is 0.294. The number of aromatic nitrogens is 2. The summed E-state index contributed by atoms with van der Waals surface area (Å²) in [5.74, 6) is 0.728. The van der Waals surface area contributed by atoms with Crippen LogP contribution in [0.15, 0.2) is 6.20 Å². The van der Waals surface area contributed by atoms with Gasteiger partial charge in [0.1, 0.15) is 0 Å². The Bertz CT molecular complexity index is 250. The molecule has 0 saturated heterocycles. The maximum atomic E-state index is 5.47. The first-order chi connectivity index (χ1) is 5.27. The van der Waals surface area contributed by atoms with Gasteiger partial charge in [-0.1, -0.05) is 0 Å². The molecule has 0 aliphatic rings. The molecule has 0 fully saturated rings. The molecule has 11 heavy (non-hydrogen) atoms. The Hall–Kier alpha value is -1.36. The van der Waals surface area contributed by atoms with Crippen LogP contribution >= 0.6 is 0 Å². The first-order valence-corrected chi connectivity index (χ1v) is 3.13. The molecular formula is C6H10N4O. The zero-order chi connectivity index (χ0) is 8.27. The lowest BCUT2D eigenvalue weighted by atomic mass is 10.4. The van der Waals surface area contributed by atoms with E-state index < -0.39 is 0 Å². The summed E-state index contributed by atoms with van der Waals surface area (Å²) in [5.41, 5.74) is 11.4. The van der Waals surface area contributed by atoms with Gasteiger partial charge in [0.2, 0.25) is 5.88 Å². The van der Waals surface area contributed by atoms with Gasteiger partial charge in [-0.15, -0.1) is 0 Å². The van der Waals surface area contributed by atoms with E-state index in [4.69, 9.17) is 16.2 Å². The van der Waals surface area contributed by atoms with Crippen LogP contribution in [0, 0.1) is 0 Å². The third-order valence-corrected chi connectivity index (χ3v) is 1.26. The SMILES string of the molecule is COc1cnc(CN)c(N)n1. The van der Waals surface area contributed by atoms with Gasteiger partial charge in [-0.2, -0.15) is 4.98 Å². The number of ether oxygens (including phenoxy) is 1. The van der Waals surface area contributed by atoms with E-state index in [1.165, 1.54) is 13.3 Å². The summed E-state index contributed by atoms with van der Waals surface area (Å²) < 4.78 is 4.80. The number of nitrogen functional groups attached to an aromatic ring is 1. The fourth-order valence-corrected chi connectivity index (χ4v) is 0.667. The molecule has 0 aliphatic carbocycles. The molecule has 0 atom stereocenters. The lowest BCUT2D eigenvalue weighted by molar-refractivity contribution is 0.396. The van der Waals surface area contributed by atoms with Crippen molar-refractivity contribution < 1.29 is 4.74 Å². The van der Waals surface area contributed by atoms with Gasteiger partial charge in [0.05, 0.1) is 19.0 Å². The summed E-state index contributed by atoms with van der Waals surface area (Å²) in [5, 5.41) is 0. The Kier molecular flexibility index (Phi) is 2.22. The quantitative estimate of drug-likeness (QED) is 0.601. The summed E-state index contributed by atoms with van der Waals surface area (Å²) in [4.78, 5) is 7.81. The average Bonchev–Trinajstić information content (AvgIpc) is 2.04. The summed E-state index contributed by atoms with van der Waals surface area (Å²) >= 11 is 0. The van der Waals surface area contributed by atoms with Gasteiger partial charge < -0.3 is 16.2 Å². The van der Waals surface area contributed by atoms with Gasteiger partial charge in [0, 0.05) is 6.54 Å². The van der Waals surface area contributed by atoms with Crippen LogP contribution in [0.5, 0.6) is 5.88 Å². The minimum atomic E-state index is 0.294. The maximum absolute atomic E-state index is 5.47. The molecule has 0 spiro atoms. The zero-order valence-corrected chi connectivity index (χ0v) is 6.24. The standard InChI is InChI=1S/C6H10N4O/c1-11-5-3-9-4(2-7)6(8)10-5/h3H,2,7H2,1H3,(H2,8,10). The van der Waals surface area contributed by atoms with E-state index in [-0.39, 0.29) is 0 Å². The highest BCUT2D eigenvalue weighted by Gasteiger charge is 2.00. The second kappa shape index (κ2) is 3.16. The van der Waals surface area contributed by atoms with Crippen LogP contribution in [0.25, 0.3) is 0 Å². The first-order valence-electron chi connectivity index (χ1n) is 3.13. The van der Waals surface area contributed by atoms with E-state index in [0.29, 0.717) is 23.9 Å². The molecule has 5 heteroatoms. The molecule has 0 aromatic carbocycles. The van der Waals surface area contributed by atoms with E-state index in [2.05, 4.69) is 9.97 Å². The van der Waals surface area contributed by atoms with Crippen LogP contribution < -0.4 is 16.2 Å². The highest BCUT2D eigenvalue weighted by molar-refractivity contribution is 5.35. The summed E-state index contributed by atoms with van der Waals surface area (Å²) in [7, 11) is 1.51. The third kappa shape index (κ3) is 1.56. The van der Waals surface area contributed by atoms with Gasteiger partial charge in [0.25, 0.3) is 0 Å². The zero-order valence-electron chi connectivity index (χ0n) is 6.24. The van der Waals surface area contributed by atoms with Crippen molar-refractivity contribution in [2.45, 2.75) is 6.54 Å². The Balaban J connectivity index is 2.99. The highest BCUT2D eigenvalue weighted by atomic mass is 16.5. The molecule has 1 aromatic heterocycles. The molecule has 5 nitrogen and oxygen atoms in total. The van der Waals surface area contributed by atoms with E-state index >= 15 is 0 Å². The second-order valence-corrected chi connectivity index (χ2v) is 1.95. The molecule has 0 aliphatic heterocycles. The molecule has 0 amide bonds. The number of anilines is 1. The van der Waals surface area contributed by atoms with Gasteiger partial charge >= 0.3 is 0 Å². The fourth-order valence-electron chi connectivity index (χ4n) is 0.667. The normalized spacial score (nSPS) is 9.64. The van der Waals surface area contributed by atoms with Crippen molar-refractivity contribution in [1.29, 1.82) is 0 Å². The van der Waals surface area contributed by atoms with Gasteiger partial charge in [0.15, 0.2) is 5.82 Å². The van der Waals surface area contributed by atoms with Crippen LogP contribution in [0.1, 0.15) is 5.69 Å². The van der Waals surface area contributed by atoms with Gasteiger partial charge in [-0.05, 0) is 0 Å². The van der Waals surface area contributed by atoms with Crippen molar-refractivity contribution in [2.75, 3.05) is 12.8 Å². The van der Waals surface area contributed by atoms with Crippen molar-refractivity contribution >= 4 is 5.82 Å². The second-order valence-electron chi connectivity index (χ2n) is 1.95. The minimum absolute atomic E-state index is 0.294. The summed E-state index contributed by atoms with van der Waals surface area (Å²) in [6, 6.07) is 0. The molecule has 1 rings (SSSR count). The number of nitrogens with zero attached hydrogens (tertiary/aromatic N) is 2. The molecule has 4 N–H and O–H groups in total. The van der Waals surface area contributed by atoms with Crippen molar-refractivity contribution in [3.8, 4) is 5.88 Å². The Morgan fingerprint density at radius 3 is 2.82 bits per heavy atom. The van der Waals surface area contributed by atoms with Crippen LogP contribution in [0.4, 0.5) is 5.82 Å². The van der Waals surface area contributed by atoms with Crippen molar-refractivity contribution in [1.82, 2.24) is 9.97 Å². The molecule has 60 valence electrons. The molecule has 1 heterocycles. The molecule has 0 radical (unpaired) electrons. The fraction of sp³-hybridized carbons (Fsp3) is 0.333. The molecule has 0 unspecified atom stereocenters. The topological polar surface area (TPSA) is 87.0 Å². The smallest absolute Gasteiger partial charge is 0.234 e. The third-order valence-electron chi connectivity index (χ3n) is 1.26. The van der Waals surface area contributed by atoms with Crippen molar-refractivity contribution in [2.24, 2.45) is 5.73 Å². The van der Waals surface area contributed by atoms with Gasteiger partial charge in [-0.25, -0.2) is 0 Å². The lowest BCUT2D eigenvalue weighted by Gasteiger charge is -2.02. The van der Waals surface area contributed by atoms with Crippen LogP contribution in [-0.4, -0.2) is 17.1 Å². The number of hydrogen-bond donors (Lipinski definition) is 2. The van der Waals surface area contributed by atoms with Gasteiger partial charge in [-0.3, -0.25) is 4.98 Å². The molecule has 0 saturated carbocycles. The van der Waals surface area contributed by atoms with Crippen molar-refractivity contribution in [3.63, 3.8) is 0 Å². The molecule has 0 bridgehead atoms. The number of hydrogen-bond acceptors (Lipinski definition) is 5. The first kappa shape index (κ1) is 7.74.